The van der Waals surface area contributed by atoms with Gasteiger partial charge in [0.15, 0.2) is 5.03 Å². The normalized spacial score (nSPS) is 22.3. The van der Waals surface area contributed by atoms with Crippen LogP contribution in [0.25, 0.3) is 0 Å². The van der Waals surface area contributed by atoms with Crippen LogP contribution in [0.4, 0.5) is 0 Å². The highest BCUT2D eigenvalue weighted by Crippen LogP contribution is 2.13. The minimum absolute atomic E-state index is 0.126. The van der Waals surface area contributed by atoms with Gasteiger partial charge in [-0.1, -0.05) is 13.3 Å². The van der Waals surface area contributed by atoms with Crippen molar-refractivity contribution in [3.63, 3.8) is 0 Å². The van der Waals surface area contributed by atoms with Crippen molar-refractivity contribution in [2.24, 2.45) is 0 Å². The number of aromatic amines is 1. The largest absolute Gasteiger partial charge is 0.332 e. The molecule has 7 heteroatoms. The Labute approximate surface area is 114 Å². The van der Waals surface area contributed by atoms with Gasteiger partial charge in [0, 0.05) is 18.5 Å². The highest BCUT2D eigenvalue weighted by Gasteiger charge is 2.25. The van der Waals surface area contributed by atoms with E-state index in [9.17, 15) is 8.42 Å². The average Bonchev–Trinajstić information content (AvgIpc) is 2.89. The van der Waals surface area contributed by atoms with Gasteiger partial charge < -0.3 is 10.3 Å². The van der Waals surface area contributed by atoms with Gasteiger partial charge in [-0.25, -0.2) is 18.1 Å². The fourth-order valence-corrected chi connectivity index (χ4v) is 3.58. The second kappa shape index (κ2) is 6.02. The van der Waals surface area contributed by atoms with Crippen LogP contribution >= 0.6 is 0 Å². The van der Waals surface area contributed by atoms with Crippen molar-refractivity contribution in [3.05, 3.63) is 12.0 Å². The van der Waals surface area contributed by atoms with E-state index in [1.165, 1.54) is 6.20 Å². The molecular formula is C12H22N4O2S. The molecule has 19 heavy (non-hydrogen) atoms. The van der Waals surface area contributed by atoms with Crippen LogP contribution in [0.15, 0.2) is 11.2 Å². The second-order valence-electron chi connectivity index (χ2n) is 5.01. The van der Waals surface area contributed by atoms with Gasteiger partial charge in [0.1, 0.15) is 5.82 Å². The topological polar surface area (TPSA) is 86.9 Å². The van der Waals surface area contributed by atoms with Crippen molar-refractivity contribution in [1.29, 1.82) is 0 Å². The van der Waals surface area contributed by atoms with E-state index in [4.69, 9.17) is 0 Å². The Hall–Kier alpha value is -0.920. The van der Waals surface area contributed by atoms with Crippen LogP contribution in [0.3, 0.4) is 0 Å². The third kappa shape index (κ3) is 3.55. The summed E-state index contributed by atoms with van der Waals surface area (Å²) in [5.41, 5.74) is 0. The van der Waals surface area contributed by atoms with E-state index >= 15 is 0 Å². The quantitative estimate of drug-likeness (QED) is 0.746. The Morgan fingerprint density at radius 2 is 2.32 bits per heavy atom. The number of aryl methyl sites for hydroxylation is 1. The molecule has 0 aromatic carbocycles. The molecule has 1 aromatic heterocycles. The Balaban J connectivity index is 2.03. The first kappa shape index (κ1) is 14.5. The van der Waals surface area contributed by atoms with Crippen molar-refractivity contribution in [3.8, 4) is 0 Å². The monoisotopic (exact) mass is 286 g/mol. The molecule has 2 atom stereocenters. The van der Waals surface area contributed by atoms with Gasteiger partial charge in [0.05, 0.1) is 6.20 Å². The molecular weight excluding hydrogens is 264 g/mol. The molecule has 0 bridgehead atoms. The van der Waals surface area contributed by atoms with E-state index in [-0.39, 0.29) is 17.1 Å². The van der Waals surface area contributed by atoms with Crippen molar-refractivity contribution >= 4 is 10.0 Å². The number of nitrogens with one attached hydrogen (secondary N) is 3. The van der Waals surface area contributed by atoms with Crippen molar-refractivity contribution < 1.29 is 8.42 Å². The standard InChI is InChI=1S/C12H22N4O2S/c1-3-11-14-8-12(15-11)19(17,18)16-9(2)10-6-4-5-7-13-10/h8-10,13,16H,3-7H2,1-2H3,(H,14,15). The van der Waals surface area contributed by atoms with Crippen LogP contribution in [0.5, 0.6) is 0 Å². The molecule has 0 spiro atoms. The number of hydrogen-bond donors (Lipinski definition) is 3. The third-order valence-corrected chi connectivity index (χ3v) is 4.99. The van der Waals surface area contributed by atoms with E-state index in [0.717, 1.165) is 25.8 Å². The van der Waals surface area contributed by atoms with Gasteiger partial charge in [-0.3, -0.25) is 0 Å². The molecule has 0 saturated carbocycles. The number of hydrogen-bond acceptors (Lipinski definition) is 4. The predicted octanol–water partition coefficient (Wildman–Crippen LogP) is 0.781. The van der Waals surface area contributed by atoms with Crippen LogP contribution in [-0.2, 0) is 16.4 Å². The first-order chi connectivity index (χ1) is 9.03. The second-order valence-corrected chi connectivity index (χ2v) is 6.70. The maximum Gasteiger partial charge on any atom is 0.257 e. The fraction of sp³-hybridized carbons (Fsp3) is 0.750. The zero-order chi connectivity index (χ0) is 13.9. The Kier molecular flexibility index (Phi) is 4.59. The lowest BCUT2D eigenvalue weighted by molar-refractivity contribution is 0.347. The maximum atomic E-state index is 12.2. The molecule has 0 radical (unpaired) electrons. The lowest BCUT2D eigenvalue weighted by Gasteiger charge is -2.29. The molecule has 0 aliphatic carbocycles. The van der Waals surface area contributed by atoms with Crippen LogP contribution in [-0.4, -0.2) is 37.0 Å². The van der Waals surface area contributed by atoms with Gasteiger partial charge in [0.2, 0.25) is 0 Å². The van der Waals surface area contributed by atoms with Crippen LogP contribution < -0.4 is 10.0 Å². The zero-order valence-corrected chi connectivity index (χ0v) is 12.3. The van der Waals surface area contributed by atoms with Gasteiger partial charge in [-0.05, 0) is 26.3 Å². The maximum absolute atomic E-state index is 12.2. The number of imidazole rings is 1. The molecule has 0 amide bonds. The summed E-state index contributed by atoms with van der Waals surface area (Å²) in [5, 5.41) is 3.50. The minimum Gasteiger partial charge on any atom is -0.332 e. The molecule has 1 aliphatic heterocycles. The predicted molar refractivity (Wildman–Crippen MR) is 73.4 cm³/mol. The van der Waals surface area contributed by atoms with Crippen molar-refractivity contribution in [2.45, 2.75) is 56.6 Å². The molecule has 6 nitrogen and oxygen atoms in total. The summed E-state index contributed by atoms with van der Waals surface area (Å²) in [4.78, 5) is 6.86. The van der Waals surface area contributed by atoms with E-state index < -0.39 is 10.0 Å². The number of rotatable bonds is 5. The number of H-pyrrole nitrogens is 1. The smallest absolute Gasteiger partial charge is 0.257 e. The molecule has 2 heterocycles. The molecule has 108 valence electrons. The van der Waals surface area contributed by atoms with Gasteiger partial charge in [-0.15, -0.1) is 0 Å². The van der Waals surface area contributed by atoms with Gasteiger partial charge in [-0.2, -0.15) is 0 Å². The van der Waals surface area contributed by atoms with Crippen molar-refractivity contribution in [2.75, 3.05) is 6.54 Å². The van der Waals surface area contributed by atoms with Crippen LogP contribution in [0, 0.1) is 0 Å². The Morgan fingerprint density at radius 3 is 2.89 bits per heavy atom. The highest BCUT2D eigenvalue weighted by atomic mass is 32.2. The number of sulfonamides is 1. The molecule has 1 aromatic rings. The van der Waals surface area contributed by atoms with Gasteiger partial charge >= 0.3 is 0 Å². The zero-order valence-electron chi connectivity index (χ0n) is 11.4. The summed E-state index contributed by atoms with van der Waals surface area (Å²) in [6.07, 6.45) is 5.38. The summed E-state index contributed by atoms with van der Waals surface area (Å²) in [6, 6.07) is 0.0794. The van der Waals surface area contributed by atoms with E-state index in [0.29, 0.717) is 12.2 Å². The number of nitrogens with zero attached hydrogens (tertiary/aromatic N) is 1. The summed E-state index contributed by atoms with van der Waals surface area (Å²) < 4.78 is 27.1. The average molecular weight is 286 g/mol. The first-order valence-corrected chi connectivity index (χ1v) is 8.31. The molecule has 1 fully saturated rings. The lowest BCUT2D eigenvalue weighted by Crippen LogP contribution is -2.50. The van der Waals surface area contributed by atoms with Gasteiger partial charge in [0.25, 0.3) is 10.0 Å². The third-order valence-electron chi connectivity index (χ3n) is 3.52. The number of aromatic nitrogens is 2. The number of piperidine rings is 1. The van der Waals surface area contributed by atoms with E-state index in [1.807, 2.05) is 13.8 Å². The lowest BCUT2D eigenvalue weighted by atomic mass is 10.00. The minimum atomic E-state index is -3.51. The van der Waals surface area contributed by atoms with Crippen molar-refractivity contribution in [1.82, 2.24) is 20.0 Å². The summed E-state index contributed by atoms with van der Waals surface area (Å²) >= 11 is 0. The van der Waals surface area contributed by atoms with E-state index in [2.05, 4.69) is 20.0 Å². The summed E-state index contributed by atoms with van der Waals surface area (Å²) in [5.74, 6) is 0.684. The van der Waals surface area contributed by atoms with E-state index in [1.54, 1.807) is 0 Å². The SMILES string of the molecule is CCc1ncc(S(=O)(=O)NC(C)C2CCCCN2)[nH]1. The van der Waals surface area contributed by atoms with Crippen LogP contribution in [0.1, 0.15) is 38.9 Å². The molecule has 3 N–H and O–H groups in total. The summed E-state index contributed by atoms with van der Waals surface area (Å²) in [6.45, 7) is 4.79. The molecule has 1 saturated heterocycles. The molecule has 2 unspecified atom stereocenters. The first-order valence-electron chi connectivity index (χ1n) is 6.82. The Bertz CT molecular complexity index is 506. The van der Waals surface area contributed by atoms with Crippen LogP contribution in [0.2, 0.25) is 0 Å². The Morgan fingerprint density at radius 1 is 1.53 bits per heavy atom. The summed E-state index contributed by atoms with van der Waals surface area (Å²) in [7, 11) is -3.51. The fourth-order valence-electron chi connectivity index (χ4n) is 2.36. The molecule has 1 aliphatic rings. The highest BCUT2D eigenvalue weighted by molar-refractivity contribution is 7.89. The molecule has 2 rings (SSSR count).